The summed E-state index contributed by atoms with van der Waals surface area (Å²) in [6.45, 7) is 6.21. The van der Waals surface area contributed by atoms with Crippen LogP contribution in [0.25, 0.3) is 22.4 Å². The van der Waals surface area contributed by atoms with E-state index in [1.54, 1.807) is 0 Å². The Morgan fingerprint density at radius 2 is 2.26 bits per heavy atom. The van der Waals surface area contributed by atoms with Crippen molar-refractivity contribution in [3.05, 3.63) is 29.6 Å². The summed E-state index contributed by atoms with van der Waals surface area (Å²) in [5, 5.41) is 6.21. The fraction of sp³-hybridized carbons (Fsp3) is 0.294. The number of nitrogens with zero attached hydrogens (tertiary/aromatic N) is 1. The minimum Gasteiger partial charge on any atom is -0.490 e. The molecule has 1 N–H and O–H groups in total. The van der Waals surface area contributed by atoms with Gasteiger partial charge in [0, 0.05) is 16.7 Å². The van der Waals surface area contributed by atoms with Gasteiger partial charge in [-0.15, -0.1) is 11.3 Å². The van der Waals surface area contributed by atoms with Crippen LogP contribution in [0.2, 0.25) is 0 Å². The van der Waals surface area contributed by atoms with Gasteiger partial charge in [-0.05, 0) is 19.1 Å². The summed E-state index contributed by atoms with van der Waals surface area (Å²) >= 11 is 1.38. The molecule has 1 aromatic carbocycles. The second-order valence-electron chi connectivity index (χ2n) is 5.40. The molecule has 23 heavy (non-hydrogen) atoms. The standard InChI is InChI=1S/C17H18N2O3S/c1-4-21-13-7-5-6-11-8-14(22-15(11)13)12-9-23-17(18-12)19-16(20)10(2)3/h5-10H,4H2,1-3H3,(H,18,19,20). The number of anilines is 1. The lowest BCUT2D eigenvalue weighted by Crippen LogP contribution is -2.17. The number of thiazole rings is 1. The predicted octanol–water partition coefficient (Wildman–Crippen LogP) is 4.55. The SMILES string of the molecule is CCOc1cccc2cc(-c3csc(NC(=O)C(C)C)n3)oc12. The first-order chi connectivity index (χ1) is 11.1. The van der Waals surface area contributed by atoms with Crippen LogP contribution in [0.1, 0.15) is 20.8 Å². The molecule has 0 aliphatic carbocycles. The van der Waals surface area contributed by atoms with Gasteiger partial charge in [0.1, 0.15) is 5.69 Å². The molecular weight excluding hydrogens is 312 g/mol. The van der Waals surface area contributed by atoms with E-state index in [0.29, 0.717) is 28.8 Å². The van der Waals surface area contributed by atoms with Gasteiger partial charge < -0.3 is 14.5 Å². The molecule has 0 saturated carbocycles. The van der Waals surface area contributed by atoms with Crippen LogP contribution in [0.5, 0.6) is 5.75 Å². The smallest absolute Gasteiger partial charge is 0.228 e. The summed E-state index contributed by atoms with van der Waals surface area (Å²) in [4.78, 5) is 16.2. The van der Waals surface area contributed by atoms with Crippen molar-refractivity contribution in [2.24, 2.45) is 5.92 Å². The van der Waals surface area contributed by atoms with Crippen LogP contribution in [0, 0.1) is 5.92 Å². The second-order valence-corrected chi connectivity index (χ2v) is 6.26. The van der Waals surface area contributed by atoms with E-state index in [1.807, 2.05) is 50.4 Å². The maximum Gasteiger partial charge on any atom is 0.228 e. The average Bonchev–Trinajstić information content (AvgIpc) is 3.14. The van der Waals surface area contributed by atoms with Crippen LogP contribution in [0.3, 0.4) is 0 Å². The van der Waals surface area contributed by atoms with Crippen molar-refractivity contribution in [2.75, 3.05) is 11.9 Å². The first-order valence-electron chi connectivity index (χ1n) is 7.50. The Balaban J connectivity index is 1.90. The van der Waals surface area contributed by atoms with Gasteiger partial charge in [-0.1, -0.05) is 26.0 Å². The van der Waals surface area contributed by atoms with Gasteiger partial charge in [-0.3, -0.25) is 4.79 Å². The lowest BCUT2D eigenvalue weighted by atomic mass is 10.2. The fourth-order valence-corrected chi connectivity index (χ4v) is 2.83. The lowest BCUT2D eigenvalue weighted by molar-refractivity contribution is -0.118. The van der Waals surface area contributed by atoms with Gasteiger partial charge in [0.25, 0.3) is 0 Å². The van der Waals surface area contributed by atoms with Crippen LogP contribution in [0.15, 0.2) is 34.1 Å². The summed E-state index contributed by atoms with van der Waals surface area (Å²) in [5.74, 6) is 1.25. The van der Waals surface area contributed by atoms with Crippen LogP contribution < -0.4 is 10.1 Å². The van der Waals surface area contributed by atoms with Crippen LogP contribution >= 0.6 is 11.3 Å². The summed E-state index contributed by atoms with van der Waals surface area (Å²) in [7, 11) is 0. The molecule has 1 amide bonds. The number of amides is 1. The Morgan fingerprint density at radius 1 is 1.43 bits per heavy atom. The minimum absolute atomic E-state index is 0.0471. The van der Waals surface area contributed by atoms with E-state index >= 15 is 0 Å². The highest BCUT2D eigenvalue weighted by Gasteiger charge is 2.15. The molecule has 3 rings (SSSR count). The van der Waals surface area contributed by atoms with Gasteiger partial charge in [0.15, 0.2) is 22.2 Å². The Bertz CT molecular complexity index is 835. The molecule has 0 saturated heterocycles. The van der Waals surface area contributed by atoms with E-state index in [2.05, 4.69) is 10.3 Å². The Kier molecular flexibility index (Phi) is 4.34. The zero-order valence-electron chi connectivity index (χ0n) is 13.3. The third-order valence-corrected chi connectivity index (χ3v) is 4.08. The zero-order chi connectivity index (χ0) is 16.4. The van der Waals surface area contributed by atoms with Crippen molar-refractivity contribution in [3.63, 3.8) is 0 Å². The molecule has 120 valence electrons. The lowest BCUT2D eigenvalue weighted by Gasteiger charge is -2.03. The van der Waals surface area contributed by atoms with Crippen LogP contribution in [0.4, 0.5) is 5.13 Å². The molecule has 5 nitrogen and oxygen atoms in total. The molecule has 2 heterocycles. The van der Waals surface area contributed by atoms with E-state index in [0.717, 1.165) is 11.1 Å². The van der Waals surface area contributed by atoms with E-state index in [1.165, 1.54) is 11.3 Å². The molecule has 2 aromatic heterocycles. The number of benzene rings is 1. The molecular formula is C17H18N2O3S. The third-order valence-electron chi connectivity index (χ3n) is 3.32. The number of rotatable bonds is 5. The van der Waals surface area contributed by atoms with Crippen LogP contribution in [-0.4, -0.2) is 17.5 Å². The third kappa shape index (κ3) is 3.22. The summed E-state index contributed by atoms with van der Waals surface area (Å²) in [6, 6.07) is 7.72. The second kappa shape index (κ2) is 6.42. The summed E-state index contributed by atoms with van der Waals surface area (Å²) < 4.78 is 11.5. The summed E-state index contributed by atoms with van der Waals surface area (Å²) in [5.41, 5.74) is 1.41. The number of furan rings is 1. The first kappa shape index (κ1) is 15.6. The first-order valence-corrected chi connectivity index (χ1v) is 8.38. The van der Waals surface area contributed by atoms with Gasteiger partial charge in [-0.25, -0.2) is 4.98 Å². The molecule has 0 aliphatic rings. The topological polar surface area (TPSA) is 64.4 Å². The van der Waals surface area contributed by atoms with Crippen molar-refractivity contribution < 1.29 is 13.9 Å². The number of carbonyl (C=O) groups is 1. The van der Waals surface area contributed by atoms with E-state index in [4.69, 9.17) is 9.15 Å². The Hall–Kier alpha value is -2.34. The maximum atomic E-state index is 11.7. The predicted molar refractivity (Wildman–Crippen MR) is 92.0 cm³/mol. The highest BCUT2D eigenvalue weighted by molar-refractivity contribution is 7.14. The molecule has 0 radical (unpaired) electrons. The Labute approximate surface area is 138 Å². The van der Waals surface area contributed by atoms with Gasteiger partial charge in [0.05, 0.1) is 6.61 Å². The maximum absolute atomic E-state index is 11.7. The largest absolute Gasteiger partial charge is 0.490 e. The number of hydrogen-bond donors (Lipinski definition) is 1. The molecule has 0 spiro atoms. The monoisotopic (exact) mass is 330 g/mol. The van der Waals surface area contributed by atoms with E-state index in [9.17, 15) is 4.79 Å². The van der Waals surface area contributed by atoms with Crippen molar-refractivity contribution >= 4 is 33.3 Å². The molecule has 0 aliphatic heterocycles. The minimum atomic E-state index is -0.0812. The number of carbonyl (C=O) groups excluding carboxylic acids is 1. The van der Waals surface area contributed by atoms with Crippen molar-refractivity contribution in [3.8, 4) is 17.2 Å². The fourth-order valence-electron chi connectivity index (χ4n) is 2.13. The van der Waals surface area contributed by atoms with Gasteiger partial charge in [0.2, 0.25) is 5.91 Å². The van der Waals surface area contributed by atoms with Crippen molar-refractivity contribution in [2.45, 2.75) is 20.8 Å². The Morgan fingerprint density at radius 3 is 3.00 bits per heavy atom. The highest BCUT2D eigenvalue weighted by atomic mass is 32.1. The van der Waals surface area contributed by atoms with E-state index in [-0.39, 0.29) is 11.8 Å². The zero-order valence-corrected chi connectivity index (χ0v) is 14.1. The number of nitrogens with one attached hydrogen (secondary N) is 1. The number of para-hydroxylation sites is 1. The quantitative estimate of drug-likeness (QED) is 0.745. The molecule has 0 atom stereocenters. The van der Waals surface area contributed by atoms with Crippen molar-refractivity contribution in [1.29, 1.82) is 0 Å². The molecule has 3 aromatic rings. The molecule has 0 bridgehead atoms. The van der Waals surface area contributed by atoms with Gasteiger partial charge >= 0.3 is 0 Å². The molecule has 0 unspecified atom stereocenters. The highest BCUT2D eigenvalue weighted by Crippen LogP contribution is 2.34. The van der Waals surface area contributed by atoms with Crippen LogP contribution in [-0.2, 0) is 4.79 Å². The average molecular weight is 330 g/mol. The number of hydrogen-bond acceptors (Lipinski definition) is 5. The summed E-state index contributed by atoms with van der Waals surface area (Å²) in [6.07, 6.45) is 0. The normalized spacial score (nSPS) is 11.1. The van der Waals surface area contributed by atoms with E-state index < -0.39 is 0 Å². The molecule has 6 heteroatoms. The van der Waals surface area contributed by atoms with Gasteiger partial charge in [-0.2, -0.15) is 0 Å². The number of fused-ring (bicyclic) bond motifs is 1. The van der Waals surface area contributed by atoms with Crippen molar-refractivity contribution in [1.82, 2.24) is 4.98 Å². The molecule has 0 fully saturated rings. The number of aromatic nitrogens is 1. The number of ether oxygens (including phenoxy) is 1.